The molecule has 20 heavy (non-hydrogen) atoms. The standard InChI is InChI=1S/C13H9ClF2N2O2/c14-8-2-1-3-11(12(8)13(17)18-19)20-10-5-4-7(15)6-9(10)16/h1-6,19H,(H2,17,18). The molecular formula is C13H9ClF2N2O2. The van der Waals surface area contributed by atoms with Crippen molar-refractivity contribution in [1.82, 2.24) is 0 Å². The first kappa shape index (κ1) is 14.1. The summed E-state index contributed by atoms with van der Waals surface area (Å²) in [5.74, 6) is -2.01. The van der Waals surface area contributed by atoms with Gasteiger partial charge in [-0.15, -0.1) is 0 Å². The fraction of sp³-hybridized carbons (Fsp3) is 0. The van der Waals surface area contributed by atoms with Gasteiger partial charge >= 0.3 is 0 Å². The van der Waals surface area contributed by atoms with Crippen LogP contribution in [0.4, 0.5) is 8.78 Å². The van der Waals surface area contributed by atoms with E-state index in [1.54, 1.807) is 6.07 Å². The third-order valence-electron chi connectivity index (χ3n) is 2.45. The second kappa shape index (κ2) is 5.75. The zero-order chi connectivity index (χ0) is 14.7. The Labute approximate surface area is 118 Å². The van der Waals surface area contributed by atoms with Crippen molar-refractivity contribution in [3.8, 4) is 11.5 Å². The second-order valence-electron chi connectivity index (χ2n) is 3.78. The maximum absolute atomic E-state index is 13.5. The molecule has 2 rings (SSSR count). The molecule has 7 heteroatoms. The smallest absolute Gasteiger partial charge is 0.175 e. The van der Waals surface area contributed by atoms with Crippen LogP contribution in [-0.4, -0.2) is 11.0 Å². The van der Waals surface area contributed by atoms with E-state index in [0.29, 0.717) is 6.07 Å². The summed E-state index contributed by atoms with van der Waals surface area (Å²) >= 11 is 5.93. The highest BCUT2D eigenvalue weighted by Gasteiger charge is 2.15. The van der Waals surface area contributed by atoms with Crippen molar-refractivity contribution in [3.05, 3.63) is 58.6 Å². The third-order valence-corrected chi connectivity index (χ3v) is 2.77. The molecule has 0 aromatic heterocycles. The molecule has 0 aliphatic carbocycles. The zero-order valence-electron chi connectivity index (χ0n) is 9.98. The van der Waals surface area contributed by atoms with Crippen LogP contribution in [0.5, 0.6) is 11.5 Å². The van der Waals surface area contributed by atoms with Crippen LogP contribution in [0.3, 0.4) is 0 Å². The van der Waals surface area contributed by atoms with Gasteiger partial charge in [-0.2, -0.15) is 0 Å². The first-order valence-electron chi connectivity index (χ1n) is 5.42. The number of ether oxygens (including phenoxy) is 1. The van der Waals surface area contributed by atoms with Crippen LogP contribution in [-0.2, 0) is 0 Å². The third kappa shape index (κ3) is 2.80. The fourth-order valence-corrected chi connectivity index (χ4v) is 1.83. The van der Waals surface area contributed by atoms with Gasteiger partial charge in [0.25, 0.3) is 0 Å². The molecule has 0 aliphatic heterocycles. The molecule has 0 saturated heterocycles. The van der Waals surface area contributed by atoms with Gasteiger partial charge in [0.2, 0.25) is 0 Å². The van der Waals surface area contributed by atoms with Crippen LogP contribution in [0, 0.1) is 11.6 Å². The number of nitrogens with two attached hydrogens (primary N) is 1. The van der Waals surface area contributed by atoms with Crippen LogP contribution >= 0.6 is 11.6 Å². The van der Waals surface area contributed by atoms with Crippen LogP contribution < -0.4 is 10.5 Å². The predicted molar refractivity (Wildman–Crippen MR) is 70.4 cm³/mol. The summed E-state index contributed by atoms with van der Waals surface area (Å²) in [4.78, 5) is 0. The van der Waals surface area contributed by atoms with E-state index in [-0.39, 0.29) is 27.9 Å². The number of oxime groups is 1. The van der Waals surface area contributed by atoms with Crippen molar-refractivity contribution in [2.24, 2.45) is 10.9 Å². The Kier molecular flexibility index (Phi) is 4.05. The molecule has 0 bridgehead atoms. The summed E-state index contributed by atoms with van der Waals surface area (Å²) in [5, 5.41) is 11.7. The molecule has 4 nitrogen and oxygen atoms in total. The normalized spacial score (nSPS) is 11.4. The van der Waals surface area contributed by atoms with E-state index in [4.69, 9.17) is 27.3 Å². The quantitative estimate of drug-likeness (QED) is 0.394. The Bertz CT molecular complexity index is 677. The highest BCUT2D eigenvalue weighted by Crippen LogP contribution is 2.31. The highest BCUT2D eigenvalue weighted by molar-refractivity contribution is 6.34. The first-order chi connectivity index (χ1) is 9.52. The van der Waals surface area contributed by atoms with Crippen molar-refractivity contribution in [1.29, 1.82) is 0 Å². The van der Waals surface area contributed by atoms with Gasteiger partial charge in [0.1, 0.15) is 11.6 Å². The molecular weight excluding hydrogens is 290 g/mol. The van der Waals surface area contributed by atoms with Gasteiger partial charge in [-0.1, -0.05) is 22.8 Å². The molecule has 0 fully saturated rings. The van der Waals surface area contributed by atoms with E-state index in [1.807, 2.05) is 0 Å². The molecule has 0 saturated carbocycles. The average molecular weight is 299 g/mol. The Morgan fingerprint density at radius 2 is 1.95 bits per heavy atom. The van der Waals surface area contributed by atoms with Crippen LogP contribution in [0.25, 0.3) is 0 Å². The van der Waals surface area contributed by atoms with E-state index in [1.165, 1.54) is 12.1 Å². The maximum Gasteiger partial charge on any atom is 0.175 e. The summed E-state index contributed by atoms with van der Waals surface area (Å²) in [6.07, 6.45) is 0. The van der Waals surface area contributed by atoms with E-state index in [9.17, 15) is 8.78 Å². The van der Waals surface area contributed by atoms with Crippen molar-refractivity contribution < 1.29 is 18.7 Å². The lowest BCUT2D eigenvalue weighted by molar-refractivity contribution is 0.318. The molecule has 0 atom stereocenters. The number of nitrogens with zero attached hydrogens (tertiary/aromatic N) is 1. The van der Waals surface area contributed by atoms with Gasteiger partial charge in [0.15, 0.2) is 17.4 Å². The van der Waals surface area contributed by atoms with E-state index in [0.717, 1.165) is 12.1 Å². The number of rotatable bonds is 3. The lowest BCUT2D eigenvalue weighted by atomic mass is 10.2. The van der Waals surface area contributed by atoms with Crippen LogP contribution in [0.2, 0.25) is 5.02 Å². The maximum atomic E-state index is 13.5. The Balaban J connectivity index is 2.46. The molecule has 3 N–H and O–H groups in total. The molecule has 0 unspecified atom stereocenters. The summed E-state index contributed by atoms with van der Waals surface area (Å²) < 4.78 is 31.7. The van der Waals surface area contributed by atoms with Crippen LogP contribution in [0.15, 0.2) is 41.6 Å². The van der Waals surface area contributed by atoms with Crippen molar-refractivity contribution in [2.75, 3.05) is 0 Å². The minimum Gasteiger partial charge on any atom is -0.453 e. The number of hydrogen-bond acceptors (Lipinski definition) is 3. The first-order valence-corrected chi connectivity index (χ1v) is 5.80. The average Bonchev–Trinajstić information content (AvgIpc) is 2.41. The van der Waals surface area contributed by atoms with E-state index >= 15 is 0 Å². The van der Waals surface area contributed by atoms with Crippen LogP contribution in [0.1, 0.15) is 5.56 Å². The largest absolute Gasteiger partial charge is 0.453 e. The topological polar surface area (TPSA) is 67.8 Å². The van der Waals surface area contributed by atoms with E-state index < -0.39 is 11.6 Å². The number of amidine groups is 1. The van der Waals surface area contributed by atoms with Gasteiger partial charge < -0.3 is 15.7 Å². The molecule has 0 heterocycles. The van der Waals surface area contributed by atoms with E-state index in [2.05, 4.69) is 5.16 Å². The van der Waals surface area contributed by atoms with Gasteiger partial charge in [-0.05, 0) is 24.3 Å². The Hall–Kier alpha value is -2.34. The highest BCUT2D eigenvalue weighted by atomic mass is 35.5. The number of benzene rings is 2. The molecule has 2 aromatic rings. The summed E-state index contributed by atoms with van der Waals surface area (Å²) in [7, 11) is 0. The molecule has 104 valence electrons. The minimum atomic E-state index is -0.879. The van der Waals surface area contributed by atoms with Gasteiger partial charge in [-0.25, -0.2) is 8.78 Å². The number of halogens is 3. The van der Waals surface area contributed by atoms with Crippen molar-refractivity contribution in [2.45, 2.75) is 0 Å². The molecule has 0 aliphatic rings. The Morgan fingerprint density at radius 1 is 1.20 bits per heavy atom. The Morgan fingerprint density at radius 3 is 2.60 bits per heavy atom. The lowest BCUT2D eigenvalue weighted by Crippen LogP contribution is -2.15. The summed E-state index contributed by atoms with van der Waals surface area (Å²) in [6, 6.07) is 7.37. The summed E-state index contributed by atoms with van der Waals surface area (Å²) in [5.41, 5.74) is 5.61. The van der Waals surface area contributed by atoms with Crippen molar-refractivity contribution >= 4 is 17.4 Å². The lowest BCUT2D eigenvalue weighted by Gasteiger charge is -2.12. The molecule has 0 radical (unpaired) electrons. The zero-order valence-corrected chi connectivity index (χ0v) is 10.7. The second-order valence-corrected chi connectivity index (χ2v) is 4.18. The monoisotopic (exact) mass is 298 g/mol. The van der Waals surface area contributed by atoms with Crippen molar-refractivity contribution in [3.63, 3.8) is 0 Å². The summed E-state index contributed by atoms with van der Waals surface area (Å²) in [6.45, 7) is 0. The SMILES string of the molecule is NC(=NO)c1c(Cl)cccc1Oc1ccc(F)cc1F. The molecule has 0 amide bonds. The fourth-order valence-electron chi connectivity index (χ4n) is 1.56. The molecule has 2 aromatic carbocycles. The molecule has 0 spiro atoms. The van der Waals surface area contributed by atoms with Gasteiger partial charge in [0.05, 0.1) is 10.6 Å². The van der Waals surface area contributed by atoms with Gasteiger partial charge in [-0.3, -0.25) is 0 Å². The predicted octanol–water partition coefficient (Wildman–Crippen LogP) is 3.51. The van der Waals surface area contributed by atoms with Gasteiger partial charge in [0, 0.05) is 6.07 Å². The minimum absolute atomic E-state index is 0.0818. The number of hydrogen-bond donors (Lipinski definition) is 2.